The van der Waals surface area contributed by atoms with Crippen molar-refractivity contribution in [2.24, 2.45) is 0 Å². The fraction of sp³-hybridized carbons (Fsp3) is 0.263. The van der Waals surface area contributed by atoms with Crippen molar-refractivity contribution < 1.29 is 4.39 Å². The number of aromatic amines is 1. The van der Waals surface area contributed by atoms with E-state index in [9.17, 15) is 9.18 Å². The van der Waals surface area contributed by atoms with Crippen molar-refractivity contribution in [3.8, 4) is 0 Å². The lowest BCUT2D eigenvalue weighted by Crippen LogP contribution is -2.24. The van der Waals surface area contributed by atoms with E-state index in [0.29, 0.717) is 18.0 Å². The number of H-pyrrole nitrogens is 1. The zero-order chi connectivity index (χ0) is 16.5. The van der Waals surface area contributed by atoms with Crippen molar-refractivity contribution in [1.29, 1.82) is 0 Å². The molecule has 0 aliphatic carbocycles. The first-order chi connectivity index (χ1) is 11.7. The number of nitrogens with one attached hydrogen (secondary N) is 1. The van der Waals surface area contributed by atoms with Crippen LogP contribution in [0.5, 0.6) is 0 Å². The zero-order valence-corrected chi connectivity index (χ0v) is 13.2. The molecular weight excluding hydrogens is 305 g/mol. The van der Waals surface area contributed by atoms with Crippen LogP contribution in [0, 0.1) is 5.82 Å². The van der Waals surface area contributed by atoms with Gasteiger partial charge in [0.2, 0.25) is 0 Å². The van der Waals surface area contributed by atoms with Gasteiger partial charge in [0.15, 0.2) is 5.43 Å². The smallest absolute Gasteiger partial charge is 0.189 e. The minimum absolute atomic E-state index is 0.143. The van der Waals surface area contributed by atoms with Gasteiger partial charge < -0.3 is 4.98 Å². The molecule has 1 aliphatic heterocycles. The van der Waals surface area contributed by atoms with E-state index in [1.54, 1.807) is 24.4 Å². The van der Waals surface area contributed by atoms with Gasteiger partial charge in [-0.25, -0.2) is 4.39 Å². The average Bonchev–Trinajstić information content (AvgIpc) is 3.05. The van der Waals surface area contributed by atoms with Gasteiger partial charge >= 0.3 is 0 Å². The molecule has 1 saturated heterocycles. The highest BCUT2D eigenvalue weighted by molar-refractivity contribution is 5.78. The highest BCUT2D eigenvalue weighted by Crippen LogP contribution is 2.32. The van der Waals surface area contributed by atoms with Crippen LogP contribution in [0.15, 0.2) is 53.6 Å². The highest BCUT2D eigenvalue weighted by Gasteiger charge is 2.26. The summed E-state index contributed by atoms with van der Waals surface area (Å²) in [5, 5.41) is 0.393. The van der Waals surface area contributed by atoms with Crippen LogP contribution in [0.1, 0.15) is 30.1 Å². The Morgan fingerprint density at radius 3 is 3.04 bits per heavy atom. The predicted molar refractivity (Wildman–Crippen MR) is 91.1 cm³/mol. The summed E-state index contributed by atoms with van der Waals surface area (Å²) in [6, 6.07) is 10.5. The first-order valence-electron chi connectivity index (χ1n) is 8.17. The molecule has 0 bridgehead atoms. The van der Waals surface area contributed by atoms with Gasteiger partial charge in [0, 0.05) is 42.1 Å². The summed E-state index contributed by atoms with van der Waals surface area (Å²) in [5.74, 6) is -0.392. The van der Waals surface area contributed by atoms with E-state index in [1.807, 2.05) is 12.3 Å². The molecule has 2 aromatic heterocycles. The lowest BCUT2D eigenvalue weighted by Gasteiger charge is -2.24. The number of rotatable bonds is 3. The molecule has 3 heterocycles. The number of benzene rings is 1. The Labute approximate surface area is 139 Å². The number of aromatic nitrogens is 2. The third kappa shape index (κ3) is 2.71. The molecule has 0 spiro atoms. The summed E-state index contributed by atoms with van der Waals surface area (Å²) in [5.41, 5.74) is 2.07. The van der Waals surface area contributed by atoms with Crippen molar-refractivity contribution in [3.63, 3.8) is 0 Å². The molecule has 24 heavy (non-hydrogen) atoms. The molecule has 0 unspecified atom stereocenters. The van der Waals surface area contributed by atoms with Gasteiger partial charge in [-0.2, -0.15) is 0 Å². The molecule has 0 radical (unpaired) electrons. The van der Waals surface area contributed by atoms with Crippen LogP contribution >= 0.6 is 0 Å². The van der Waals surface area contributed by atoms with Gasteiger partial charge in [-0.15, -0.1) is 0 Å². The Morgan fingerprint density at radius 1 is 1.29 bits per heavy atom. The number of fused-ring (bicyclic) bond motifs is 1. The number of pyridine rings is 2. The van der Waals surface area contributed by atoms with E-state index >= 15 is 0 Å². The molecule has 0 saturated carbocycles. The molecule has 0 amide bonds. The van der Waals surface area contributed by atoms with Crippen LogP contribution < -0.4 is 5.43 Å². The fourth-order valence-corrected chi connectivity index (χ4v) is 3.56. The van der Waals surface area contributed by atoms with Crippen LogP contribution in [0.25, 0.3) is 10.9 Å². The van der Waals surface area contributed by atoms with Gasteiger partial charge in [-0.3, -0.25) is 14.7 Å². The van der Waals surface area contributed by atoms with Crippen molar-refractivity contribution in [1.82, 2.24) is 14.9 Å². The van der Waals surface area contributed by atoms with E-state index in [-0.39, 0.29) is 10.9 Å². The monoisotopic (exact) mass is 323 g/mol. The summed E-state index contributed by atoms with van der Waals surface area (Å²) >= 11 is 0. The molecule has 4 rings (SSSR count). The summed E-state index contributed by atoms with van der Waals surface area (Å²) in [7, 11) is 0. The molecule has 5 heteroatoms. The summed E-state index contributed by atoms with van der Waals surface area (Å²) in [4.78, 5) is 21.9. The van der Waals surface area contributed by atoms with Crippen molar-refractivity contribution in [2.45, 2.75) is 25.4 Å². The van der Waals surface area contributed by atoms with Crippen molar-refractivity contribution >= 4 is 10.9 Å². The standard InChI is InChI=1S/C19H18FN3O/c20-16-6-1-5-15-18(24)10-14(22-19(15)16)12-23-9-3-7-17(23)13-4-2-8-21-11-13/h1-2,4-6,8,10-11,17H,3,7,9,12H2,(H,22,24)/t17-/m0/s1. The molecule has 122 valence electrons. The Bertz CT molecular complexity index is 923. The molecule has 1 N–H and O–H groups in total. The second-order valence-corrected chi connectivity index (χ2v) is 6.24. The zero-order valence-electron chi connectivity index (χ0n) is 13.2. The second kappa shape index (κ2) is 6.17. The third-order valence-corrected chi connectivity index (χ3v) is 4.68. The number of hydrogen-bond donors (Lipinski definition) is 1. The van der Waals surface area contributed by atoms with Gasteiger partial charge in [0.05, 0.1) is 5.52 Å². The van der Waals surface area contributed by atoms with Gasteiger partial charge in [0.25, 0.3) is 0 Å². The van der Waals surface area contributed by atoms with Gasteiger partial charge in [-0.05, 0) is 43.1 Å². The number of para-hydroxylation sites is 1. The molecule has 1 aliphatic rings. The van der Waals surface area contributed by atoms with E-state index < -0.39 is 5.82 Å². The molecule has 1 atom stereocenters. The van der Waals surface area contributed by atoms with Crippen LogP contribution in [-0.2, 0) is 6.54 Å². The van der Waals surface area contributed by atoms with E-state index in [2.05, 4.69) is 20.9 Å². The second-order valence-electron chi connectivity index (χ2n) is 6.24. The van der Waals surface area contributed by atoms with Crippen LogP contribution in [0.3, 0.4) is 0 Å². The number of halogens is 1. The van der Waals surface area contributed by atoms with Crippen LogP contribution in [-0.4, -0.2) is 21.4 Å². The molecule has 1 aromatic carbocycles. The molecule has 1 fully saturated rings. The Balaban J connectivity index is 1.66. The molecular formula is C19H18FN3O. The minimum atomic E-state index is -0.392. The maximum Gasteiger partial charge on any atom is 0.189 e. The largest absolute Gasteiger partial charge is 0.355 e. The Kier molecular flexibility index (Phi) is 3.86. The number of hydrogen-bond acceptors (Lipinski definition) is 3. The lowest BCUT2D eigenvalue weighted by atomic mass is 10.1. The van der Waals surface area contributed by atoms with Crippen LogP contribution in [0.2, 0.25) is 0 Å². The molecule has 4 nitrogen and oxygen atoms in total. The maximum atomic E-state index is 14.0. The predicted octanol–water partition coefficient (Wildman–Crippen LogP) is 3.40. The summed E-state index contributed by atoms with van der Waals surface area (Å²) in [6.07, 6.45) is 5.84. The topological polar surface area (TPSA) is 49.0 Å². The van der Waals surface area contributed by atoms with E-state index in [4.69, 9.17) is 0 Å². The maximum absolute atomic E-state index is 14.0. The third-order valence-electron chi connectivity index (χ3n) is 4.68. The first-order valence-corrected chi connectivity index (χ1v) is 8.17. The number of likely N-dealkylation sites (tertiary alicyclic amines) is 1. The average molecular weight is 323 g/mol. The Hall–Kier alpha value is -2.53. The highest BCUT2D eigenvalue weighted by atomic mass is 19.1. The van der Waals surface area contributed by atoms with Crippen molar-refractivity contribution in [2.75, 3.05) is 6.54 Å². The lowest BCUT2D eigenvalue weighted by molar-refractivity contribution is 0.245. The van der Waals surface area contributed by atoms with E-state index in [0.717, 1.165) is 25.1 Å². The minimum Gasteiger partial charge on any atom is -0.355 e. The van der Waals surface area contributed by atoms with Crippen LogP contribution in [0.4, 0.5) is 4.39 Å². The normalized spacial score (nSPS) is 18.3. The van der Waals surface area contributed by atoms with Crippen molar-refractivity contribution in [3.05, 3.63) is 76.1 Å². The SMILES string of the molecule is O=c1cc(CN2CCC[C@H]2c2cccnc2)[nH]c2c(F)cccc12. The first kappa shape index (κ1) is 15.0. The van der Waals surface area contributed by atoms with Gasteiger partial charge in [-0.1, -0.05) is 12.1 Å². The number of nitrogens with zero attached hydrogens (tertiary/aromatic N) is 2. The fourth-order valence-electron chi connectivity index (χ4n) is 3.56. The summed E-state index contributed by atoms with van der Waals surface area (Å²) < 4.78 is 14.0. The quantitative estimate of drug-likeness (QED) is 0.804. The Morgan fingerprint density at radius 2 is 2.21 bits per heavy atom. The van der Waals surface area contributed by atoms with Gasteiger partial charge in [0.1, 0.15) is 5.82 Å². The molecule has 3 aromatic rings. The summed E-state index contributed by atoms with van der Waals surface area (Å²) in [6.45, 7) is 1.55. The van der Waals surface area contributed by atoms with E-state index in [1.165, 1.54) is 11.6 Å².